The van der Waals surface area contributed by atoms with Gasteiger partial charge in [0.15, 0.2) is 0 Å². The number of aromatic nitrogens is 4. The maximum absolute atomic E-state index is 10.2. The van der Waals surface area contributed by atoms with Crippen LogP contribution in [0.15, 0.2) is 24.7 Å². The molecule has 0 aliphatic rings. The van der Waals surface area contributed by atoms with Gasteiger partial charge in [-0.2, -0.15) is 0 Å². The highest BCUT2D eigenvalue weighted by Gasteiger charge is 2.13. The van der Waals surface area contributed by atoms with Crippen molar-refractivity contribution in [3.05, 3.63) is 41.5 Å². The summed E-state index contributed by atoms with van der Waals surface area (Å²) in [4.78, 5) is 4.07. The standard InChI is InChI=1S/C12H16N4O/c1-3-9-7-13-5-4-11(9)12(17)6-10-8-16(2)15-14-10/h4-5,7-8,12,17H,3,6H2,1-2H3. The van der Waals surface area contributed by atoms with E-state index in [0.29, 0.717) is 6.42 Å². The first kappa shape index (κ1) is 11.7. The van der Waals surface area contributed by atoms with E-state index in [-0.39, 0.29) is 0 Å². The molecule has 90 valence electrons. The van der Waals surface area contributed by atoms with Crippen molar-refractivity contribution in [1.82, 2.24) is 20.0 Å². The topological polar surface area (TPSA) is 63.8 Å². The Bertz CT molecular complexity index is 495. The third kappa shape index (κ3) is 2.68. The molecular formula is C12H16N4O. The lowest BCUT2D eigenvalue weighted by molar-refractivity contribution is 0.176. The highest BCUT2D eigenvalue weighted by atomic mass is 16.3. The fourth-order valence-electron chi connectivity index (χ4n) is 1.86. The maximum atomic E-state index is 10.2. The number of nitrogens with zero attached hydrogens (tertiary/aromatic N) is 4. The van der Waals surface area contributed by atoms with E-state index in [2.05, 4.69) is 22.2 Å². The Kier molecular flexibility index (Phi) is 3.49. The predicted octanol–water partition coefficient (Wildman–Crippen LogP) is 1.05. The first-order valence-electron chi connectivity index (χ1n) is 5.66. The second kappa shape index (κ2) is 5.05. The van der Waals surface area contributed by atoms with Gasteiger partial charge in [0.1, 0.15) is 0 Å². The number of hydrogen-bond acceptors (Lipinski definition) is 4. The average molecular weight is 232 g/mol. The van der Waals surface area contributed by atoms with Gasteiger partial charge in [0, 0.05) is 32.1 Å². The van der Waals surface area contributed by atoms with Crippen LogP contribution in [0.2, 0.25) is 0 Å². The van der Waals surface area contributed by atoms with Gasteiger partial charge in [-0.15, -0.1) is 5.10 Å². The number of pyridine rings is 1. The van der Waals surface area contributed by atoms with Gasteiger partial charge in [0.2, 0.25) is 0 Å². The van der Waals surface area contributed by atoms with Gasteiger partial charge in [0.05, 0.1) is 11.8 Å². The molecule has 0 aliphatic carbocycles. The van der Waals surface area contributed by atoms with Crippen molar-refractivity contribution in [2.75, 3.05) is 0 Å². The average Bonchev–Trinajstić information content (AvgIpc) is 2.74. The number of rotatable bonds is 4. The summed E-state index contributed by atoms with van der Waals surface area (Å²) < 4.78 is 1.63. The number of aryl methyl sites for hydroxylation is 2. The van der Waals surface area contributed by atoms with Crippen LogP contribution < -0.4 is 0 Å². The van der Waals surface area contributed by atoms with Crippen molar-refractivity contribution in [2.24, 2.45) is 7.05 Å². The fourth-order valence-corrected chi connectivity index (χ4v) is 1.86. The number of aliphatic hydroxyl groups excluding tert-OH is 1. The Hall–Kier alpha value is -1.75. The summed E-state index contributed by atoms with van der Waals surface area (Å²) in [5.41, 5.74) is 2.79. The Morgan fingerprint density at radius 1 is 1.47 bits per heavy atom. The van der Waals surface area contributed by atoms with Gasteiger partial charge in [-0.3, -0.25) is 9.67 Å². The van der Waals surface area contributed by atoms with Crippen LogP contribution >= 0.6 is 0 Å². The van der Waals surface area contributed by atoms with E-state index in [1.165, 1.54) is 0 Å². The summed E-state index contributed by atoms with van der Waals surface area (Å²) in [6, 6.07) is 1.86. The molecule has 0 saturated heterocycles. The fraction of sp³-hybridized carbons (Fsp3) is 0.417. The molecule has 0 radical (unpaired) electrons. The van der Waals surface area contributed by atoms with Crippen LogP contribution in [0, 0.1) is 0 Å². The van der Waals surface area contributed by atoms with Gasteiger partial charge in [0.25, 0.3) is 0 Å². The minimum atomic E-state index is -0.551. The van der Waals surface area contributed by atoms with Crippen LogP contribution in [0.5, 0.6) is 0 Å². The van der Waals surface area contributed by atoms with Gasteiger partial charge < -0.3 is 5.11 Å². The second-order valence-electron chi connectivity index (χ2n) is 4.03. The molecule has 0 fully saturated rings. The quantitative estimate of drug-likeness (QED) is 0.855. The molecule has 1 unspecified atom stereocenters. The minimum Gasteiger partial charge on any atom is -0.388 e. The van der Waals surface area contributed by atoms with Crippen molar-refractivity contribution >= 4 is 0 Å². The summed E-state index contributed by atoms with van der Waals surface area (Å²) in [6.07, 6.45) is 6.11. The molecule has 5 heteroatoms. The molecule has 17 heavy (non-hydrogen) atoms. The molecule has 2 heterocycles. The summed E-state index contributed by atoms with van der Waals surface area (Å²) in [5.74, 6) is 0. The van der Waals surface area contributed by atoms with Crippen LogP contribution in [0.4, 0.5) is 0 Å². The number of hydrogen-bond donors (Lipinski definition) is 1. The second-order valence-corrected chi connectivity index (χ2v) is 4.03. The van der Waals surface area contributed by atoms with Gasteiger partial charge in [-0.25, -0.2) is 0 Å². The van der Waals surface area contributed by atoms with E-state index >= 15 is 0 Å². The van der Waals surface area contributed by atoms with Gasteiger partial charge >= 0.3 is 0 Å². The van der Waals surface area contributed by atoms with E-state index in [1.54, 1.807) is 17.1 Å². The maximum Gasteiger partial charge on any atom is 0.0856 e. The molecule has 1 atom stereocenters. The lowest BCUT2D eigenvalue weighted by Gasteiger charge is -2.12. The van der Waals surface area contributed by atoms with Crippen molar-refractivity contribution in [1.29, 1.82) is 0 Å². The molecule has 0 bridgehead atoms. The zero-order valence-electron chi connectivity index (χ0n) is 10.0. The smallest absolute Gasteiger partial charge is 0.0856 e. The third-order valence-electron chi connectivity index (χ3n) is 2.73. The lowest BCUT2D eigenvalue weighted by atomic mass is 10.00. The van der Waals surface area contributed by atoms with E-state index in [4.69, 9.17) is 0 Å². The van der Waals surface area contributed by atoms with Crippen LogP contribution in [0.3, 0.4) is 0 Å². The van der Waals surface area contributed by atoms with Crippen LogP contribution in [-0.2, 0) is 19.9 Å². The molecule has 0 spiro atoms. The first-order valence-corrected chi connectivity index (χ1v) is 5.66. The van der Waals surface area contributed by atoms with E-state index in [0.717, 1.165) is 23.2 Å². The minimum absolute atomic E-state index is 0.477. The highest BCUT2D eigenvalue weighted by molar-refractivity contribution is 5.26. The van der Waals surface area contributed by atoms with Crippen LogP contribution in [0.1, 0.15) is 29.8 Å². The van der Waals surface area contributed by atoms with Crippen LogP contribution in [-0.4, -0.2) is 25.1 Å². The summed E-state index contributed by atoms with van der Waals surface area (Å²) in [6.45, 7) is 2.05. The first-order chi connectivity index (χ1) is 8.20. The van der Waals surface area contributed by atoms with Crippen LogP contribution in [0.25, 0.3) is 0 Å². The summed E-state index contributed by atoms with van der Waals surface area (Å²) >= 11 is 0. The molecule has 2 rings (SSSR count). The number of aliphatic hydroxyl groups is 1. The van der Waals surface area contributed by atoms with E-state index in [9.17, 15) is 5.11 Å². The van der Waals surface area contributed by atoms with Crippen molar-refractivity contribution in [3.8, 4) is 0 Å². The third-order valence-corrected chi connectivity index (χ3v) is 2.73. The Balaban J connectivity index is 2.16. The monoisotopic (exact) mass is 232 g/mol. The molecule has 1 N–H and O–H groups in total. The highest BCUT2D eigenvalue weighted by Crippen LogP contribution is 2.20. The zero-order chi connectivity index (χ0) is 12.3. The zero-order valence-corrected chi connectivity index (χ0v) is 10.0. The molecule has 0 saturated carbocycles. The van der Waals surface area contributed by atoms with Crippen molar-refractivity contribution < 1.29 is 5.11 Å². The normalized spacial score (nSPS) is 12.6. The molecule has 0 amide bonds. The van der Waals surface area contributed by atoms with Crippen molar-refractivity contribution in [3.63, 3.8) is 0 Å². The van der Waals surface area contributed by atoms with Gasteiger partial charge in [-0.05, 0) is 23.6 Å². The molecule has 0 aromatic carbocycles. The Morgan fingerprint density at radius 3 is 2.94 bits per heavy atom. The lowest BCUT2D eigenvalue weighted by Crippen LogP contribution is -2.06. The van der Waals surface area contributed by atoms with Crippen molar-refractivity contribution in [2.45, 2.75) is 25.9 Å². The van der Waals surface area contributed by atoms with E-state index < -0.39 is 6.10 Å². The molecule has 5 nitrogen and oxygen atoms in total. The molecule has 2 aromatic rings. The SMILES string of the molecule is CCc1cnccc1C(O)Cc1cn(C)nn1. The Morgan fingerprint density at radius 2 is 2.29 bits per heavy atom. The summed E-state index contributed by atoms with van der Waals surface area (Å²) in [7, 11) is 1.81. The largest absolute Gasteiger partial charge is 0.388 e. The van der Waals surface area contributed by atoms with E-state index in [1.807, 2.05) is 19.3 Å². The van der Waals surface area contributed by atoms with Gasteiger partial charge in [-0.1, -0.05) is 12.1 Å². The molecule has 0 aliphatic heterocycles. The molecular weight excluding hydrogens is 216 g/mol. The predicted molar refractivity (Wildman–Crippen MR) is 63.3 cm³/mol. The Labute approximate surface area is 100 Å². The molecule has 2 aromatic heterocycles. The summed E-state index contributed by atoms with van der Waals surface area (Å²) in [5, 5.41) is 18.0.